The number of Topliss-reactive ketones (excluding diaryl/α,β-unsaturated/α-hetero) is 2. The summed E-state index contributed by atoms with van der Waals surface area (Å²) in [4.78, 5) is 25.2. The third-order valence-electron chi connectivity index (χ3n) is 51.4. The number of rotatable bonds is 0. The fourth-order valence-corrected chi connectivity index (χ4v) is 44.9. The van der Waals surface area contributed by atoms with Gasteiger partial charge in [-0.2, -0.15) is 0 Å². The lowest BCUT2D eigenvalue weighted by atomic mass is 9.42. The number of phenolic OH excluding ortho intramolecular Hbond substituents is 1. The second kappa shape index (κ2) is 35.7. The van der Waals surface area contributed by atoms with Crippen molar-refractivity contribution >= 4 is 11.6 Å². The zero-order chi connectivity index (χ0) is 105. The molecule has 0 aliphatic heterocycles. The fourth-order valence-electron chi connectivity index (χ4n) is 44.9. The van der Waals surface area contributed by atoms with Crippen molar-refractivity contribution in [3.8, 4) is 5.75 Å². The summed E-state index contributed by atoms with van der Waals surface area (Å²) in [6.07, 6.45) is 36.5. The zero-order valence-electron chi connectivity index (χ0n) is 98.0. The van der Waals surface area contributed by atoms with Gasteiger partial charge in [0.25, 0.3) is 0 Å². The highest BCUT2D eigenvalue weighted by atomic mass is 16.3. The summed E-state index contributed by atoms with van der Waals surface area (Å²) in [6, 6.07) is 29.7. The average Bonchev–Trinajstić information content (AvgIpc) is 1.58. The van der Waals surface area contributed by atoms with Crippen molar-refractivity contribution in [1.82, 2.24) is 0 Å². The molecule has 0 amide bonds. The molecule has 18 aliphatic rings. The normalized spacial score (nSPS) is 41.7. The van der Waals surface area contributed by atoms with Gasteiger partial charge in [-0.25, -0.2) is 0 Å². The first-order valence-corrected chi connectivity index (χ1v) is 59.1. The third-order valence-corrected chi connectivity index (χ3v) is 51.4. The van der Waals surface area contributed by atoms with Crippen molar-refractivity contribution in [2.75, 3.05) is 0 Å². The number of nitrogens with two attached hydrogens (primary N) is 4. The highest BCUT2D eigenvalue weighted by molar-refractivity contribution is 5.86. The molecule has 796 valence electrons. The van der Waals surface area contributed by atoms with Gasteiger partial charge in [0, 0.05) is 47.8 Å². The average molecular weight is 1970 g/mol. The van der Waals surface area contributed by atoms with Crippen LogP contribution in [-0.2, 0) is 80.6 Å². The molecule has 0 unspecified atom stereocenters. The molecule has 0 saturated heterocycles. The van der Waals surface area contributed by atoms with E-state index >= 15 is 0 Å². The Hall–Kier alpha value is -5.70. The van der Waals surface area contributed by atoms with Gasteiger partial charge < -0.3 is 28.0 Å². The van der Waals surface area contributed by atoms with Crippen molar-refractivity contribution in [3.63, 3.8) is 0 Å². The molecule has 0 bridgehead atoms. The van der Waals surface area contributed by atoms with Crippen LogP contribution in [0, 0.1) is 212 Å². The van der Waals surface area contributed by atoms with Gasteiger partial charge in [0.2, 0.25) is 0 Å². The summed E-state index contributed by atoms with van der Waals surface area (Å²) >= 11 is 0. The summed E-state index contributed by atoms with van der Waals surface area (Å²) in [7, 11) is 0. The molecule has 24 rings (SSSR count). The molecular weight excluding hydrogens is 1760 g/mol. The van der Waals surface area contributed by atoms with Crippen LogP contribution in [-0.4, -0.2) is 40.8 Å². The first kappa shape index (κ1) is 109. The van der Waals surface area contributed by atoms with Gasteiger partial charge in [0.05, 0.1) is 0 Å². The van der Waals surface area contributed by atoms with Crippen molar-refractivity contribution in [2.45, 2.75) is 499 Å². The van der Waals surface area contributed by atoms with Gasteiger partial charge in [-0.1, -0.05) is 262 Å². The summed E-state index contributed by atoms with van der Waals surface area (Å²) in [6.45, 7) is 84.1. The Balaban J connectivity index is 0.000000114. The second-order valence-corrected chi connectivity index (χ2v) is 61.2. The minimum absolute atomic E-state index is 0. The van der Waals surface area contributed by atoms with Crippen LogP contribution in [0.3, 0.4) is 0 Å². The number of carbonyl (C=O) groups excluding carboxylic acids is 2. The molecular formula is C138H206N4O3. The molecule has 9 N–H and O–H groups in total. The molecule has 145 heavy (non-hydrogen) atoms. The summed E-state index contributed by atoms with van der Waals surface area (Å²) in [5.41, 5.74) is 66.7. The molecule has 6 aromatic carbocycles. The van der Waals surface area contributed by atoms with E-state index in [1.807, 2.05) is 12.1 Å². The highest BCUT2D eigenvalue weighted by Gasteiger charge is 2.71. The minimum Gasteiger partial charge on any atom is -0.508 e. The van der Waals surface area contributed by atoms with Gasteiger partial charge >= 0.3 is 0 Å². The molecule has 0 spiro atoms. The van der Waals surface area contributed by atoms with Crippen molar-refractivity contribution in [2.24, 2.45) is 159 Å². The maximum atomic E-state index is 12.6. The van der Waals surface area contributed by atoms with Gasteiger partial charge in [-0.15, -0.1) is 0 Å². The number of aryl methyl sites for hydroxylation is 11. The molecule has 0 aromatic heterocycles. The fraction of sp³-hybridized carbons (Fsp3) is 0.725. The highest BCUT2D eigenvalue weighted by Crippen LogP contribution is 2.76. The molecule has 6 aromatic rings. The Morgan fingerprint density at radius 3 is 0.593 bits per heavy atom. The lowest BCUT2D eigenvalue weighted by molar-refractivity contribution is -0.152. The number of hydrogen-bond donors (Lipinski definition) is 5. The third kappa shape index (κ3) is 15.9. The first-order valence-electron chi connectivity index (χ1n) is 59.1. The van der Waals surface area contributed by atoms with Crippen LogP contribution >= 0.6 is 0 Å². The van der Waals surface area contributed by atoms with Gasteiger partial charge in [-0.3, -0.25) is 9.59 Å². The molecule has 7 heteroatoms. The molecule has 12 saturated carbocycles. The maximum Gasteiger partial charge on any atom is 0.138 e. The van der Waals surface area contributed by atoms with E-state index < -0.39 is 0 Å². The maximum absolute atomic E-state index is 12.6. The molecule has 12 fully saturated rings. The number of carbonyl (C=O) groups is 2. The van der Waals surface area contributed by atoms with Crippen LogP contribution in [0.25, 0.3) is 0 Å². The number of fused-ring (bicyclic) bond motifs is 30. The molecule has 7 nitrogen and oxygen atoms in total. The van der Waals surface area contributed by atoms with Gasteiger partial charge in [0.15, 0.2) is 0 Å². The summed E-state index contributed by atoms with van der Waals surface area (Å²) in [5, 5.41) is 10.1. The number of ketones is 2. The topological polar surface area (TPSA) is 158 Å². The number of aromatic hydroxyl groups is 1. The first-order chi connectivity index (χ1) is 66.6. The second-order valence-electron chi connectivity index (χ2n) is 61.2. The smallest absolute Gasteiger partial charge is 0.138 e. The minimum atomic E-state index is -0.145. The molecule has 0 radical (unpaired) electrons. The van der Waals surface area contributed by atoms with E-state index in [1.54, 1.807) is 55.6 Å². The predicted molar refractivity (Wildman–Crippen MR) is 611 cm³/mol. The van der Waals surface area contributed by atoms with Crippen molar-refractivity contribution < 1.29 is 14.7 Å². The van der Waals surface area contributed by atoms with Gasteiger partial charge in [0.1, 0.15) is 17.3 Å². The largest absolute Gasteiger partial charge is 0.508 e. The van der Waals surface area contributed by atoms with Crippen LogP contribution < -0.4 is 22.9 Å². The lowest BCUT2D eigenvalue weighted by Gasteiger charge is -2.62. The van der Waals surface area contributed by atoms with Crippen LogP contribution in [0.4, 0.5) is 0 Å². The van der Waals surface area contributed by atoms with E-state index in [9.17, 15) is 14.7 Å². The number of benzene rings is 6. The Bertz CT molecular complexity index is 5500. The monoisotopic (exact) mass is 1970 g/mol. The van der Waals surface area contributed by atoms with Crippen LogP contribution in [0.1, 0.15) is 456 Å². The van der Waals surface area contributed by atoms with E-state index in [4.69, 9.17) is 22.9 Å². The Labute approximate surface area is 884 Å². The van der Waals surface area contributed by atoms with Crippen LogP contribution in [0.5, 0.6) is 5.75 Å². The van der Waals surface area contributed by atoms with Gasteiger partial charge in [-0.05, 0) is 526 Å². The number of phenols is 1. The lowest BCUT2D eigenvalue weighted by Crippen LogP contribution is -2.60. The molecule has 0 heterocycles. The Morgan fingerprint density at radius 1 is 0.221 bits per heavy atom. The van der Waals surface area contributed by atoms with Crippen molar-refractivity contribution in [3.05, 3.63) is 201 Å². The summed E-state index contributed by atoms with van der Waals surface area (Å²) < 4.78 is 0. The summed E-state index contributed by atoms with van der Waals surface area (Å²) in [5.74, 6) is 9.91. The van der Waals surface area contributed by atoms with Crippen LogP contribution in [0.2, 0.25) is 0 Å². The van der Waals surface area contributed by atoms with E-state index in [0.29, 0.717) is 137 Å². The number of hydrogen-bond acceptors (Lipinski definition) is 7. The van der Waals surface area contributed by atoms with E-state index in [0.717, 1.165) is 74.0 Å². The quantitative estimate of drug-likeness (QED) is 0.101. The Kier molecular flexibility index (Phi) is 26.8. The van der Waals surface area contributed by atoms with E-state index in [1.165, 1.54) is 226 Å². The Morgan fingerprint density at radius 2 is 0.393 bits per heavy atom. The zero-order valence-corrected chi connectivity index (χ0v) is 98.0. The van der Waals surface area contributed by atoms with E-state index in [2.05, 4.69) is 303 Å². The van der Waals surface area contributed by atoms with Crippen molar-refractivity contribution in [1.29, 1.82) is 0 Å². The van der Waals surface area contributed by atoms with E-state index in [-0.39, 0.29) is 45.3 Å². The standard InChI is InChI=1S/3C23H35N.2C23H32O.C22H33NO.CH4/c5*1-14-11-15(2)20-16(12-14)13-18-22(5)10-8-19(24)21(3,4)17(22)7-9-23(18,20)6;1-13-10-15(24)11-14-12-17-21(4)9-7-18(23)20(2,3)16(21)6-8-22(17,5)19(13)14;/h3*11-12,17-19H,7-10,13,24H2,1-6H3;2*11-12,17-18H,7-10,13H2,1-6H3;10-11,16-18,24H,6-9,12,23H2,1-5H3;1H4/t2*17-,18+,19+,22-,23+;17-,18+,19-,22-,23+;2*17-,18+,22-,23+;16-,17+,18-,21-,22+;/m101100./s1. The van der Waals surface area contributed by atoms with Crippen LogP contribution in [0.15, 0.2) is 72.8 Å². The predicted octanol–water partition coefficient (Wildman–Crippen LogP) is 32.3. The SMILES string of the molecule is C.Cc1cc(C)c2c(c1)C[C@@H]1[C@@]3(C)CCC(=O)C(C)(C)[C@@H]3CC[C@@]21C.Cc1cc(C)c2c(c1)C[C@@H]1[C@@]3(C)CC[C@@H](N)C(C)(C)[C@@H]3CC[C@@]21C.Cc1cc(C)c2c(c1)C[C@H]1[C@]3(C)CCC(=O)C(C)(C)[C@H]3CC[C@]21C.Cc1cc(C)c2c(c1)C[C@H]1[C@]3(C)CC[C@@H](N)C(C)(C)[C@H]3CC[C@]21C.Cc1cc(C)c2c(c1)C[C@H]1[C@]3(C)CC[C@H](N)C(C)(C)[C@H]3CC[C@]21C.Cc1cc(O)cc2c1[C@]1(C)CC[C@H]3C(C)(C)[C@@H](N)CC[C@]3(C)[C@H]1C2. The molecule has 28 atom stereocenters. The molecule has 18 aliphatic carbocycles.